The normalized spacial score (nSPS) is 21.5. The Kier molecular flexibility index (Phi) is 5.06. The number of hydrogen-bond acceptors (Lipinski definition) is 5. The van der Waals surface area contributed by atoms with Gasteiger partial charge in [-0.2, -0.15) is 0 Å². The molecule has 3 heterocycles. The second-order valence-electron chi connectivity index (χ2n) is 7.68. The quantitative estimate of drug-likeness (QED) is 0.878. The number of nitrogens with zero attached hydrogens (tertiary/aromatic N) is 2. The summed E-state index contributed by atoms with van der Waals surface area (Å²) in [7, 11) is 0. The van der Waals surface area contributed by atoms with Crippen LogP contribution in [0.2, 0.25) is 0 Å². The summed E-state index contributed by atoms with van der Waals surface area (Å²) in [6, 6.07) is 8.15. The van der Waals surface area contributed by atoms with Crippen LogP contribution < -0.4 is 9.47 Å². The second-order valence-corrected chi connectivity index (χ2v) is 7.68. The van der Waals surface area contributed by atoms with Crippen molar-refractivity contribution < 1.29 is 14.6 Å². The van der Waals surface area contributed by atoms with Crippen molar-refractivity contribution in [1.82, 2.24) is 9.88 Å². The number of likely N-dealkylation sites (tertiary alicyclic amines) is 1. The fourth-order valence-corrected chi connectivity index (χ4v) is 4.14. The standard InChI is InChI=1S/C22H28N2O3/c1-3-26-20-12-17-11-16(2)27-21(17)13-18(20)15-24-9-6-22(25,7-10-24)19-5-4-8-23-14-19/h4-5,8,12-14,16,25H,3,6-7,9-11,15H2,1-2H3/t16-/m1/s1. The van der Waals surface area contributed by atoms with E-state index < -0.39 is 5.60 Å². The molecule has 0 radical (unpaired) electrons. The Morgan fingerprint density at radius 1 is 1.33 bits per heavy atom. The van der Waals surface area contributed by atoms with E-state index in [1.54, 1.807) is 12.4 Å². The summed E-state index contributed by atoms with van der Waals surface area (Å²) in [5, 5.41) is 11.0. The molecule has 1 atom stereocenters. The predicted octanol–water partition coefficient (Wildman–Crippen LogP) is 3.29. The van der Waals surface area contributed by atoms with Gasteiger partial charge >= 0.3 is 0 Å². The lowest BCUT2D eigenvalue weighted by atomic mass is 9.85. The smallest absolute Gasteiger partial charge is 0.124 e. The van der Waals surface area contributed by atoms with Crippen molar-refractivity contribution >= 4 is 0 Å². The fourth-order valence-electron chi connectivity index (χ4n) is 4.14. The summed E-state index contributed by atoms with van der Waals surface area (Å²) in [4.78, 5) is 6.54. The minimum absolute atomic E-state index is 0.231. The minimum Gasteiger partial charge on any atom is -0.494 e. The molecule has 0 unspecified atom stereocenters. The lowest BCUT2D eigenvalue weighted by Gasteiger charge is -2.38. The molecule has 2 aliphatic heterocycles. The lowest BCUT2D eigenvalue weighted by molar-refractivity contribution is -0.0281. The van der Waals surface area contributed by atoms with E-state index in [1.807, 2.05) is 19.1 Å². The van der Waals surface area contributed by atoms with Gasteiger partial charge in [0.2, 0.25) is 0 Å². The maximum atomic E-state index is 11.0. The van der Waals surface area contributed by atoms with Crippen LogP contribution in [0.25, 0.3) is 0 Å². The van der Waals surface area contributed by atoms with Crippen molar-refractivity contribution in [2.24, 2.45) is 0 Å². The molecule has 27 heavy (non-hydrogen) atoms. The SMILES string of the molecule is CCOc1cc2c(cc1CN1CCC(O)(c3cccnc3)CC1)O[C@H](C)C2. The summed E-state index contributed by atoms with van der Waals surface area (Å²) in [5.41, 5.74) is 2.54. The summed E-state index contributed by atoms with van der Waals surface area (Å²) in [6.07, 6.45) is 6.12. The lowest BCUT2D eigenvalue weighted by Crippen LogP contribution is -2.42. The van der Waals surface area contributed by atoms with E-state index in [2.05, 4.69) is 28.9 Å². The topological polar surface area (TPSA) is 54.8 Å². The average Bonchev–Trinajstić information content (AvgIpc) is 3.04. The highest BCUT2D eigenvalue weighted by Gasteiger charge is 2.34. The number of benzene rings is 1. The summed E-state index contributed by atoms with van der Waals surface area (Å²) in [6.45, 7) is 7.26. The Hall–Kier alpha value is -2.11. The van der Waals surface area contributed by atoms with Crippen LogP contribution in [-0.4, -0.2) is 40.8 Å². The van der Waals surface area contributed by atoms with Gasteiger partial charge in [-0.15, -0.1) is 0 Å². The van der Waals surface area contributed by atoms with E-state index in [0.29, 0.717) is 19.4 Å². The molecule has 1 aromatic carbocycles. The number of ether oxygens (including phenoxy) is 2. The molecule has 0 bridgehead atoms. The van der Waals surface area contributed by atoms with Crippen LogP contribution >= 0.6 is 0 Å². The van der Waals surface area contributed by atoms with E-state index in [9.17, 15) is 5.11 Å². The molecule has 1 fully saturated rings. The Morgan fingerprint density at radius 3 is 2.85 bits per heavy atom. The molecule has 0 spiro atoms. The molecule has 2 aromatic rings. The van der Waals surface area contributed by atoms with Crippen LogP contribution in [-0.2, 0) is 18.6 Å². The van der Waals surface area contributed by atoms with Gasteiger partial charge in [0.1, 0.15) is 17.6 Å². The van der Waals surface area contributed by atoms with E-state index >= 15 is 0 Å². The van der Waals surface area contributed by atoms with Crippen molar-refractivity contribution in [1.29, 1.82) is 0 Å². The third-order valence-electron chi connectivity index (χ3n) is 5.66. The third kappa shape index (κ3) is 3.80. The van der Waals surface area contributed by atoms with Gasteiger partial charge in [0.05, 0.1) is 12.2 Å². The Morgan fingerprint density at radius 2 is 2.15 bits per heavy atom. The molecule has 0 amide bonds. The van der Waals surface area contributed by atoms with Gasteiger partial charge in [0.15, 0.2) is 0 Å². The Balaban J connectivity index is 1.47. The number of aromatic nitrogens is 1. The Bertz CT molecular complexity index is 786. The Labute approximate surface area is 160 Å². The third-order valence-corrected chi connectivity index (χ3v) is 5.66. The number of fused-ring (bicyclic) bond motifs is 1. The van der Waals surface area contributed by atoms with Crippen LogP contribution in [0.3, 0.4) is 0 Å². The number of rotatable bonds is 5. The molecule has 5 nitrogen and oxygen atoms in total. The molecular weight excluding hydrogens is 340 g/mol. The summed E-state index contributed by atoms with van der Waals surface area (Å²) < 4.78 is 11.8. The van der Waals surface area contributed by atoms with Gasteiger partial charge in [-0.1, -0.05) is 6.07 Å². The van der Waals surface area contributed by atoms with Gasteiger partial charge < -0.3 is 14.6 Å². The van der Waals surface area contributed by atoms with Crippen LogP contribution in [0.1, 0.15) is 43.4 Å². The zero-order chi connectivity index (χ0) is 18.9. The molecule has 0 saturated carbocycles. The van der Waals surface area contributed by atoms with Crippen LogP contribution in [0.5, 0.6) is 11.5 Å². The van der Waals surface area contributed by atoms with Crippen molar-refractivity contribution in [3.8, 4) is 11.5 Å². The minimum atomic E-state index is -0.774. The summed E-state index contributed by atoms with van der Waals surface area (Å²) in [5.74, 6) is 1.95. The first kappa shape index (κ1) is 18.3. The van der Waals surface area contributed by atoms with Crippen molar-refractivity contribution in [3.63, 3.8) is 0 Å². The largest absolute Gasteiger partial charge is 0.494 e. The van der Waals surface area contributed by atoms with Gasteiger partial charge in [-0.05, 0) is 44.9 Å². The maximum absolute atomic E-state index is 11.0. The molecule has 0 aliphatic carbocycles. The molecule has 1 aromatic heterocycles. The highest BCUT2D eigenvalue weighted by Crippen LogP contribution is 2.37. The van der Waals surface area contributed by atoms with Crippen LogP contribution in [0.4, 0.5) is 0 Å². The average molecular weight is 368 g/mol. The first-order chi connectivity index (χ1) is 13.1. The summed E-state index contributed by atoms with van der Waals surface area (Å²) >= 11 is 0. The number of pyridine rings is 1. The van der Waals surface area contributed by atoms with Crippen LogP contribution in [0, 0.1) is 0 Å². The molecule has 1 N–H and O–H groups in total. The van der Waals surface area contributed by atoms with E-state index in [1.165, 1.54) is 5.56 Å². The monoisotopic (exact) mass is 368 g/mol. The highest BCUT2D eigenvalue weighted by molar-refractivity contribution is 5.48. The van der Waals surface area contributed by atoms with Crippen LogP contribution in [0.15, 0.2) is 36.7 Å². The molecule has 5 heteroatoms. The zero-order valence-electron chi connectivity index (χ0n) is 16.1. The van der Waals surface area contributed by atoms with E-state index in [-0.39, 0.29) is 6.10 Å². The van der Waals surface area contributed by atoms with Gasteiger partial charge in [0, 0.05) is 55.1 Å². The molecule has 4 rings (SSSR count). The number of aliphatic hydroxyl groups is 1. The highest BCUT2D eigenvalue weighted by atomic mass is 16.5. The molecular formula is C22H28N2O3. The zero-order valence-corrected chi connectivity index (χ0v) is 16.1. The second kappa shape index (κ2) is 7.49. The van der Waals surface area contributed by atoms with E-state index in [0.717, 1.165) is 48.7 Å². The predicted molar refractivity (Wildman–Crippen MR) is 104 cm³/mol. The molecule has 1 saturated heterocycles. The van der Waals surface area contributed by atoms with Gasteiger partial charge in [-0.25, -0.2) is 0 Å². The molecule has 2 aliphatic rings. The van der Waals surface area contributed by atoms with E-state index in [4.69, 9.17) is 9.47 Å². The fraction of sp³-hybridized carbons (Fsp3) is 0.500. The number of hydrogen-bond donors (Lipinski definition) is 1. The first-order valence-electron chi connectivity index (χ1n) is 9.88. The maximum Gasteiger partial charge on any atom is 0.124 e. The first-order valence-corrected chi connectivity index (χ1v) is 9.88. The van der Waals surface area contributed by atoms with Crippen molar-refractivity contribution in [2.45, 2.75) is 51.4 Å². The van der Waals surface area contributed by atoms with Crippen molar-refractivity contribution in [3.05, 3.63) is 53.3 Å². The number of piperidine rings is 1. The van der Waals surface area contributed by atoms with Crippen molar-refractivity contribution in [2.75, 3.05) is 19.7 Å². The molecule has 144 valence electrons. The van der Waals surface area contributed by atoms with Gasteiger partial charge in [-0.3, -0.25) is 9.88 Å². The van der Waals surface area contributed by atoms with Gasteiger partial charge in [0.25, 0.3) is 0 Å².